The Kier molecular flexibility index (Phi) is 5.67. The second-order valence-corrected chi connectivity index (χ2v) is 6.97. The molecule has 2 heterocycles. The van der Waals surface area contributed by atoms with Crippen molar-refractivity contribution >= 4 is 22.6 Å². The molecular weight excluding hydrogens is 420 g/mol. The Hall–Kier alpha value is -4.08. The van der Waals surface area contributed by atoms with Gasteiger partial charge in [0.15, 0.2) is 23.0 Å². The van der Waals surface area contributed by atoms with E-state index in [-0.39, 0.29) is 18.9 Å². The van der Waals surface area contributed by atoms with Gasteiger partial charge in [-0.3, -0.25) is 19.9 Å². The van der Waals surface area contributed by atoms with Crippen LogP contribution in [0.25, 0.3) is 10.9 Å². The second kappa shape index (κ2) is 8.58. The third kappa shape index (κ3) is 3.59. The van der Waals surface area contributed by atoms with Crippen molar-refractivity contribution in [3.63, 3.8) is 0 Å². The van der Waals surface area contributed by atoms with Crippen molar-refractivity contribution in [3.8, 4) is 23.0 Å². The third-order valence-electron chi connectivity index (χ3n) is 5.34. The van der Waals surface area contributed by atoms with Gasteiger partial charge in [-0.25, -0.2) is 0 Å². The first-order valence-electron chi connectivity index (χ1n) is 9.62. The molecule has 10 nitrogen and oxygen atoms in total. The van der Waals surface area contributed by atoms with Gasteiger partial charge in [-0.15, -0.1) is 0 Å². The first kappa shape index (κ1) is 21.2. The van der Waals surface area contributed by atoms with Crippen LogP contribution in [0, 0.1) is 10.1 Å². The molecule has 4 rings (SSSR count). The summed E-state index contributed by atoms with van der Waals surface area (Å²) in [6, 6.07) is 8.01. The fourth-order valence-corrected chi connectivity index (χ4v) is 3.85. The first-order valence-corrected chi connectivity index (χ1v) is 9.62. The molecule has 3 aromatic rings. The maximum Gasteiger partial charge on any atom is 0.313 e. The number of nitro benzene ring substituents is 1. The molecule has 1 unspecified atom stereocenters. The third-order valence-corrected chi connectivity index (χ3v) is 5.34. The van der Waals surface area contributed by atoms with E-state index in [0.29, 0.717) is 45.0 Å². The number of benzene rings is 2. The molecule has 0 N–H and O–H groups in total. The van der Waals surface area contributed by atoms with Gasteiger partial charge in [0.25, 0.3) is 5.69 Å². The molecular formula is C22H20N2O8. The average Bonchev–Trinajstić information content (AvgIpc) is 3.27. The van der Waals surface area contributed by atoms with E-state index >= 15 is 0 Å². The number of pyridine rings is 1. The summed E-state index contributed by atoms with van der Waals surface area (Å²) in [5, 5.41) is 12.3. The average molecular weight is 440 g/mol. The SMILES string of the molecule is COC(=O)C(Cc1cc2c(cc1[N+](=O)[O-])OCO2)c1ccnc2c(OC)c(OC)ccc12. The van der Waals surface area contributed by atoms with Gasteiger partial charge >= 0.3 is 5.97 Å². The van der Waals surface area contributed by atoms with Crippen LogP contribution in [0.15, 0.2) is 36.5 Å². The highest BCUT2D eigenvalue weighted by Crippen LogP contribution is 2.42. The topological polar surface area (TPSA) is 119 Å². The van der Waals surface area contributed by atoms with Gasteiger partial charge in [0.05, 0.1) is 38.2 Å². The van der Waals surface area contributed by atoms with Crippen molar-refractivity contribution in [1.29, 1.82) is 0 Å². The Labute approximate surface area is 182 Å². The van der Waals surface area contributed by atoms with Crippen LogP contribution in [0.2, 0.25) is 0 Å². The summed E-state index contributed by atoms with van der Waals surface area (Å²) >= 11 is 0. The lowest BCUT2D eigenvalue weighted by molar-refractivity contribution is -0.385. The van der Waals surface area contributed by atoms with Crippen LogP contribution in [0.5, 0.6) is 23.0 Å². The molecule has 1 atom stereocenters. The van der Waals surface area contributed by atoms with Crippen molar-refractivity contribution in [3.05, 3.63) is 57.8 Å². The van der Waals surface area contributed by atoms with Crippen molar-refractivity contribution in [2.45, 2.75) is 12.3 Å². The van der Waals surface area contributed by atoms with Gasteiger partial charge in [0.2, 0.25) is 6.79 Å². The highest BCUT2D eigenvalue weighted by Gasteiger charge is 2.30. The van der Waals surface area contributed by atoms with Gasteiger partial charge in [0, 0.05) is 17.1 Å². The van der Waals surface area contributed by atoms with Gasteiger partial charge in [-0.1, -0.05) is 0 Å². The fraction of sp³-hybridized carbons (Fsp3) is 0.273. The number of esters is 1. The minimum Gasteiger partial charge on any atom is -0.493 e. The maximum atomic E-state index is 12.8. The molecule has 0 saturated heterocycles. The molecule has 10 heteroatoms. The molecule has 0 saturated carbocycles. The van der Waals surface area contributed by atoms with E-state index in [0.717, 1.165) is 0 Å². The van der Waals surface area contributed by atoms with E-state index in [1.807, 2.05) is 0 Å². The standard InChI is InChI=1S/C22H20N2O8/c1-28-17-5-4-14-13(6-7-23-20(14)21(17)29-2)15(22(25)30-3)8-12-9-18-19(32-11-31-18)10-16(12)24(26)27/h4-7,9-10,15H,8,11H2,1-3H3. The van der Waals surface area contributed by atoms with Crippen molar-refractivity contribution in [2.75, 3.05) is 28.1 Å². The lowest BCUT2D eigenvalue weighted by Crippen LogP contribution is -2.18. The smallest absolute Gasteiger partial charge is 0.313 e. The van der Waals surface area contributed by atoms with Crippen LogP contribution in [0.1, 0.15) is 17.0 Å². The Bertz CT molecular complexity index is 1210. The monoisotopic (exact) mass is 440 g/mol. The normalized spacial score (nSPS) is 13.0. The highest BCUT2D eigenvalue weighted by molar-refractivity contribution is 5.93. The van der Waals surface area contributed by atoms with Crippen LogP contribution in [0.3, 0.4) is 0 Å². The van der Waals surface area contributed by atoms with E-state index in [1.54, 1.807) is 24.4 Å². The molecule has 166 valence electrons. The number of nitro groups is 1. The molecule has 1 aliphatic rings. The number of rotatable bonds is 7. The number of fused-ring (bicyclic) bond motifs is 2. The molecule has 0 fully saturated rings. The van der Waals surface area contributed by atoms with E-state index < -0.39 is 16.8 Å². The van der Waals surface area contributed by atoms with Gasteiger partial charge in [-0.05, 0) is 36.2 Å². The van der Waals surface area contributed by atoms with Gasteiger partial charge < -0.3 is 23.7 Å². The Balaban J connectivity index is 1.86. The predicted octanol–water partition coefficient (Wildman–Crippen LogP) is 3.39. The number of methoxy groups -OCH3 is 3. The first-order chi connectivity index (χ1) is 15.5. The summed E-state index contributed by atoms with van der Waals surface area (Å²) in [5.41, 5.74) is 1.24. The van der Waals surface area contributed by atoms with Crippen LogP contribution >= 0.6 is 0 Å². The van der Waals surface area contributed by atoms with E-state index in [4.69, 9.17) is 23.7 Å². The number of hydrogen-bond donors (Lipinski definition) is 0. The molecule has 0 aliphatic carbocycles. The van der Waals surface area contributed by atoms with E-state index in [1.165, 1.54) is 33.5 Å². The largest absolute Gasteiger partial charge is 0.493 e. The van der Waals surface area contributed by atoms with Gasteiger partial charge in [-0.2, -0.15) is 0 Å². The summed E-state index contributed by atoms with van der Waals surface area (Å²) in [6.07, 6.45) is 1.55. The Morgan fingerprint density at radius 2 is 1.91 bits per heavy atom. The summed E-state index contributed by atoms with van der Waals surface area (Å²) in [7, 11) is 4.29. The maximum absolute atomic E-state index is 12.8. The lowest BCUT2D eigenvalue weighted by Gasteiger charge is -2.19. The van der Waals surface area contributed by atoms with Crippen LogP contribution in [0.4, 0.5) is 5.69 Å². The molecule has 1 aromatic heterocycles. The molecule has 0 amide bonds. The summed E-state index contributed by atoms with van der Waals surface area (Å²) < 4.78 is 26.5. The quantitative estimate of drug-likeness (QED) is 0.309. The van der Waals surface area contributed by atoms with Gasteiger partial charge in [0.1, 0.15) is 5.52 Å². The number of carbonyl (C=O) groups excluding carboxylic acids is 1. The van der Waals surface area contributed by atoms with Crippen molar-refractivity contribution in [2.24, 2.45) is 0 Å². The number of carbonyl (C=O) groups is 1. The number of nitrogens with zero attached hydrogens (tertiary/aromatic N) is 2. The molecule has 0 bridgehead atoms. The van der Waals surface area contributed by atoms with Crippen molar-refractivity contribution < 1.29 is 33.4 Å². The molecule has 0 spiro atoms. The number of ether oxygens (including phenoxy) is 5. The summed E-state index contributed by atoms with van der Waals surface area (Å²) in [5.74, 6) is 0.207. The predicted molar refractivity (Wildman–Crippen MR) is 113 cm³/mol. The zero-order valence-electron chi connectivity index (χ0n) is 17.6. The summed E-state index contributed by atoms with van der Waals surface area (Å²) in [4.78, 5) is 28.4. The van der Waals surface area contributed by atoms with Crippen LogP contribution < -0.4 is 18.9 Å². The molecule has 2 aromatic carbocycles. The Morgan fingerprint density at radius 1 is 1.16 bits per heavy atom. The summed E-state index contributed by atoms with van der Waals surface area (Å²) in [6.45, 7) is -0.0208. The van der Waals surface area contributed by atoms with E-state index in [9.17, 15) is 14.9 Å². The molecule has 0 radical (unpaired) electrons. The minimum atomic E-state index is -0.845. The van der Waals surface area contributed by atoms with E-state index in [2.05, 4.69) is 4.98 Å². The fourth-order valence-electron chi connectivity index (χ4n) is 3.85. The van der Waals surface area contributed by atoms with Crippen LogP contribution in [-0.2, 0) is 16.0 Å². The zero-order valence-corrected chi connectivity index (χ0v) is 17.6. The molecule has 1 aliphatic heterocycles. The second-order valence-electron chi connectivity index (χ2n) is 6.97. The lowest BCUT2D eigenvalue weighted by atomic mass is 9.89. The highest BCUT2D eigenvalue weighted by atomic mass is 16.7. The number of aromatic nitrogens is 1. The molecule has 32 heavy (non-hydrogen) atoms. The van der Waals surface area contributed by atoms with Crippen molar-refractivity contribution in [1.82, 2.24) is 4.98 Å². The Morgan fingerprint density at radius 3 is 2.56 bits per heavy atom. The minimum absolute atomic E-state index is 0.00703. The number of hydrogen-bond acceptors (Lipinski definition) is 9. The zero-order chi connectivity index (χ0) is 22.8. The van der Waals surface area contributed by atoms with Crippen LogP contribution in [-0.4, -0.2) is 44.0 Å².